The summed E-state index contributed by atoms with van der Waals surface area (Å²) in [6, 6.07) is 15.6. The number of hydrogen-bond donors (Lipinski definition) is 0. The van der Waals surface area contributed by atoms with Crippen LogP contribution >= 0.6 is 0 Å². The highest BCUT2D eigenvalue weighted by Crippen LogP contribution is 2.50. The Morgan fingerprint density at radius 1 is 0.864 bits per heavy atom. The zero-order valence-corrected chi connectivity index (χ0v) is 30.1. The molecular weight excluding hydrogens is 555 g/mol. The van der Waals surface area contributed by atoms with E-state index in [1.807, 2.05) is 24.1 Å². The molecule has 4 nitrogen and oxygen atoms in total. The van der Waals surface area contributed by atoms with E-state index in [1.54, 1.807) is 0 Å². The standard InChI is InChI=1S/C39H56N3OSi/c1-11-16-25-40(10)39(43)33-20-18-17-19-32(33)38-34-23-21-30(41(12-2)13-3)26-36(34)44(28(6)7,29(8)9)37-27-31(22-24-35(37)38)42(14-4)15-5/h17-24,26-29H,11-16,25H2,1-10H3/q+1. The molecule has 0 spiro atoms. The minimum Gasteiger partial charge on any atom is -0.372 e. The number of unbranched alkanes of at least 4 members (excludes halogenated alkanes) is 1. The average Bonchev–Trinajstić information content (AvgIpc) is 3.02. The van der Waals surface area contributed by atoms with Crippen molar-refractivity contribution in [2.75, 3.05) is 44.7 Å². The maximum atomic E-state index is 14.0. The number of allylic oxidation sites excluding steroid dienone is 5. The Morgan fingerprint density at radius 2 is 1.52 bits per heavy atom. The van der Waals surface area contributed by atoms with Gasteiger partial charge in [0.2, 0.25) is 0 Å². The molecule has 0 radical (unpaired) electrons. The number of amides is 1. The van der Waals surface area contributed by atoms with Gasteiger partial charge in [-0.2, -0.15) is 0 Å². The molecule has 0 saturated carbocycles. The lowest BCUT2D eigenvalue weighted by atomic mass is 9.87. The molecule has 44 heavy (non-hydrogen) atoms. The van der Waals surface area contributed by atoms with Crippen LogP contribution in [0, 0.1) is 0 Å². The van der Waals surface area contributed by atoms with Crippen molar-refractivity contribution < 1.29 is 9.37 Å². The second-order valence-electron chi connectivity index (χ2n) is 13.0. The number of rotatable bonds is 12. The van der Waals surface area contributed by atoms with Gasteiger partial charge < -0.3 is 9.80 Å². The van der Waals surface area contributed by atoms with Crippen LogP contribution in [0.4, 0.5) is 5.69 Å². The summed E-state index contributed by atoms with van der Waals surface area (Å²) in [5.41, 5.74) is 9.28. The van der Waals surface area contributed by atoms with Crippen molar-refractivity contribution in [3.05, 3.63) is 88.2 Å². The molecule has 0 aromatic heterocycles. The molecule has 0 fully saturated rings. The summed E-state index contributed by atoms with van der Waals surface area (Å²) in [6.45, 7) is 25.7. The highest BCUT2D eigenvalue weighted by molar-refractivity contribution is 7.01. The Hall–Kier alpha value is -3.18. The number of carbonyl (C=O) groups is 1. The van der Waals surface area contributed by atoms with E-state index in [4.69, 9.17) is 0 Å². The molecule has 2 aliphatic rings. The number of hydrogen-bond acceptors (Lipinski definition) is 2. The molecule has 1 heterocycles. The van der Waals surface area contributed by atoms with Crippen molar-refractivity contribution >= 4 is 36.1 Å². The Bertz CT molecular complexity index is 1470. The lowest BCUT2D eigenvalue weighted by Crippen LogP contribution is -2.59. The fourth-order valence-corrected chi connectivity index (χ4v) is 14.0. The van der Waals surface area contributed by atoms with Crippen LogP contribution in [0.25, 0.3) is 5.57 Å². The molecule has 2 aromatic carbocycles. The predicted molar refractivity (Wildman–Crippen MR) is 193 cm³/mol. The minimum atomic E-state index is -2.31. The van der Waals surface area contributed by atoms with Gasteiger partial charge in [-0.25, -0.2) is 4.58 Å². The normalized spacial score (nSPS) is 15.4. The topological polar surface area (TPSA) is 26.6 Å². The lowest BCUT2D eigenvalue weighted by molar-refractivity contribution is -0.519. The van der Waals surface area contributed by atoms with Gasteiger partial charge in [-0.1, -0.05) is 65.3 Å². The predicted octanol–water partition coefficient (Wildman–Crippen LogP) is 8.22. The first-order valence-corrected chi connectivity index (χ1v) is 19.3. The lowest BCUT2D eigenvalue weighted by Gasteiger charge is -2.48. The van der Waals surface area contributed by atoms with Gasteiger partial charge in [0.1, 0.15) is 21.2 Å². The van der Waals surface area contributed by atoms with Crippen molar-refractivity contribution in [2.45, 2.75) is 86.2 Å². The van der Waals surface area contributed by atoms with Crippen LogP contribution in [0.5, 0.6) is 0 Å². The van der Waals surface area contributed by atoms with Gasteiger partial charge in [0.05, 0.1) is 0 Å². The molecule has 0 N–H and O–H groups in total. The highest BCUT2D eigenvalue weighted by Gasteiger charge is 2.51. The minimum absolute atomic E-state index is 0.103. The van der Waals surface area contributed by atoms with E-state index >= 15 is 0 Å². The van der Waals surface area contributed by atoms with E-state index in [0.29, 0.717) is 11.1 Å². The van der Waals surface area contributed by atoms with Crippen molar-refractivity contribution in [2.24, 2.45) is 0 Å². The van der Waals surface area contributed by atoms with Crippen LogP contribution in [0.1, 0.15) is 96.6 Å². The summed E-state index contributed by atoms with van der Waals surface area (Å²) < 4.78 is 2.47. The number of benzene rings is 2. The molecule has 0 bridgehead atoms. The number of fused-ring (bicyclic) bond motifs is 2. The largest absolute Gasteiger partial charge is 0.372 e. The number of nitrogens with zero attached hydrogens (tertiary/aromatic N) is 3. The monoisotopic (exact) mass is 610 g/mol. The summed E-state index contributed by atoms with van der Waals surface area (Å²) in [4.78, 5) is 18.4. The first-order chi connectivity index (χ1) is 21.1. The van der Waals surface area contributed by atoms with Crippen molar-refractivity contribution in [3.8, 4) is 0 Å². The number of anilines is 1. The van der Waals surface area contributed by atoms with Gasteiger partial charge in [0.15, 0.2) is 5.71 Å². The molecule has 1 aliphatic carbocycles. The Kier molecular flexibility index (Phi) is 10.9. The number of carbonyl (C=O) groups excluding carboxylic acids is 1. The SMILES string of the molecule is CCCCN(C)C(=O)c1ccccc1C1=C2C=CC(=[N+](CC)CC)C=C2[Si](C(C)C)(C(C)C)c2cc(N(CC)CC)ccc21. The smallest absolute Gasteiger partial charge is 0.254 e. The zero-order valence-electron chi connectivity index (χ0n) is 29.1. The highest BCUT2D eigenvalue weighted by atomic mass is 28.3. The van der Waals surface area contributed by atoms with Crippen LogP contribution in [0.2, 0.25) is 11.1 Å². The zero-order chi connectivity index (χ0) is 32.2. The van der Waals surface area contributed by atoms with Crippen LogP contribution in [0.15, 0.2) is 71.5 Å². The summed E-state index contributed by atoms with van der Waals surface area (Å²) in [7, 11) is -0.364. The van der Waals surface area contributed by atoms with Crippen molar-refractivity contribution in [1.82, 2.24) is 4.90 Å². The molecule has 0 unspecified atom stereocenters. The maximum Gasteiger partial charge on any atom is 0.254 e. The molecule has 2 aromatic rings. The molecule has 0 atom stereocenters. The van der Waals surface area contributed by atoms with E-state index in [2.05, 4.69) is 120 Å². The Labute approximate surface area is 268 Å². The second-order valence-corrected chi connectivity index (χ2v) is 18.1. The summed E-state index contributed by atoms with van der Waals surface area (Å²) >= 11 is 0. The van der Waals surface area contributed by atoms with Gasteiger partial charge in [-0.15, -0.1) is 0 Å². The summed E-state index contributed by atoms with van der Waals surface area (Å²) in [5, 5.41) is 3.04. The average molecular weight is 611 g/mol. The van der Waals surface area contributed by atoms with Crippen molar-refractivity contribution in [3.63, 3.8) is 0 Å². The Morgan fingerprint density at radius 3 is 2.11 bits per heavy atom. The first-order valence-electron chi connectivity index (χ1n) is 17.1. The fraction of sp³-hybridized carbons (Fsp3) is 0.487. The van der Waals surface area contributed by atoms with E-state index < -0.39 is 8.07 Å². The van der Waals surface area contributed by atoms with Crippen LogP contribution < -0.4 is 10.1 Å². The second kappa shape index (κ2) is 14.3. The van der Waals surface area contributed by atoms with E-state index in [-0.39, 0.29) is 5.91 Å². The fourth-order valence-electron chi connectivity index (χ4n) is 7.84. The van der Waals surface area contributed by atoms with Crippen molar-refractivity contribution in [1.29, 1.82) is 0 Å². The van der Waals surface area contributed by atoms with Gasteiger partial charge in [0, 0.05) is 50.1 Å². The van der Waals surface area contributed by atoms with Gasteiger partial charge >= 0.3 is 0 Å². The first kappa shape index (κ1) is 33.7. The van der Waals surface area contributed by atoms with Crippen LogP contribution in [0.3, 0.4) is 0 Å². The quantitative estimate of drug-likeness (QED) is 0.179. The summed E-state index contributed by atoms with van der Waals surface area (Å²) in [5.74, 6) is 0.103. The third kappa shape index (κ3) is 5.80. The van der Waals surface area contributed by atoms with Gasteiger partial charge in [-0.05, 0) is 102 Å². The molecule has 1 aliphatic heterocycles. The van der Waals surface area contributed by atoms with Crippen LogP contribution in [-0.2, 0) is 0 Å². The molecule has 0 saturated heterocycles. The third-order valence-electron chi connectivity index (χ3n) is 10.1. The molecule has 236 valence electrons. The third-order valence-corrected chi connectivity index (χ3v) is 16.4. The molecule has 4 rings (SSSR count). The molecular formula is C39H56N3OSi+. The van der Waals surface area contributed by atoms with Gasteiger partial charge in [0.25, 0.3) is 5.91 Å². The summed E-state index contributed by atoms with van der Waals surface area (Å²) in [6.07, 6.45) is 9.32. The van der Waals surface area contributed by atoms with E-state index in [1.165, 1.54) is 38.5 Å². The van der Waals surface area contributed by atoms with E-state index in [0.717, 1.165) is 56.7 Å². The molecule has 1 amide bonds. The Balaban J connectivity index is 2.16. The maximum absolute atomic E-state index is 14.0. The van der Waals surface area contributed by atoms with Crippen LogP contribution in [-0.4, -0.2) is 68.9 Å². The van der Waals surface area contributed by atoms with E-state index in [9.17, 15) is 4.79 Å². The van der Waals surface area contributed by atoms with Gasteiger partial charge in [-0.3, -0.25) is 4.79 Å². The molecule has 5 heteroatoms.